The molecular formula is C16H13ClN2O2S2. The minimum Gasteiger partial charge on any atom is -0.495 e. The highest BCUT2D eigenvalue weighted by molar-refractivity contribution is 7.22. The van der Waals surface area contributed by atoms with E-state index < -0.39 is 0 Å². The molecule has 1 N–H and O–H groups in total. The zero-order chi connectivity index (χ0) is 16.4. The molecule has 0 aliphatic carbocycles. The molecule has 2 aromatic heterocycles. The second-order valence-electron chi connectivity index (χ2n) is 4.71. The van der Waals surface area contributed by atoms with Crippen LogP contribution in [-0.2, 0) is 0 Å². The lowest BCUT2D eigenvalue weighted by Crippen LogP contribution is -2.11. The van der Waals surface area contributed by atoms with Crippen LogP contribution in [0, 0.1) is 6.92 Å². The number of carbonyl (C=O) groups excluding carboxylic acids is 1. The molecule has 118 valence electrons. The van der Waals surface area contributed by atoms with E-state index in [2.05, 4.69) is 10.3 Å². The van der Waals surface area contributed by atoms with Crippen molar-refractivity contribution >= 4 is 45.9 Å². The number of aromatic nitrogens is 1. The number of aryl methyl sites for hydroxylation is 1. The molecule has 3 rings (SSSR count). The average molecular weight is 365 g/mol. The third-order valence-corrected chi connectivity index (χ3v) is 5.64. The topological polar surface area (TPSA) is 51.2 Å². The van der Waals surface area contributed by atoms with Gasteiger partial charge in [-0.2, -0.15) is 0 Å². The van der Waals surface area contributed by atoms with Crippen molar-refractivity contribution in [2.45, 2.75) is 6.92 Å². The molecule has 0 atom stereocenters. The number of methoxy groups -OCH3 is 1. The minimum atomic E-state index is -0.191. The lowest BCUT2D eigenvalue weighted by molar-refractivity contribution is 0.103. The van der Waals surface area contributed by atoms with Gasteiger partial charge in [0, 0.05) is 5.69 Å². The highest BCUT2D eigenvalue weighted by Crippen LogP contribution is 2.32. The molecule has 0 aliphatic rings. The summed E-state index contributed by atoms with van der Waals surface area (Å²) < 4.78 is 5.10. The van der Waals surface area contributed by atoms with Crippen LogP contribution in [0.25, 0.3) is 9.88 Å². The number of anilines is 1. The van der Waals surface area contributed by atoms with E-state index in [0.717, 1.165) is 15.6 Å². The molecule has 0 spiro atoms. The van der Waals surface area contributed by atoms with Crippen molar-refractivity contribution in [3.8, 4) is 15.6 Å². The highest BCUT2D eigenvalue weighted by Gasteiger charge is 2.17. The summed E-state index contributed by atoms with van der Waals surface area (Å²) in [4.78, 5) is 18.6. The van der Waals surface area contributed by atoms with Crippen molar-refractivity contribution in [3.63, 3.8) is 0 Å². The molecule has 0 fully saturated rings. The monoisotopic (exact) mass is 364 g/mol. The number of thiazole rings is 1. The molecule has 3 aromatic rings. The maximum absolute atomic E-state index is 12.5. The summed E-state index contributed by atoms with van der Waals surface area (Å²) in [5.74, 6) is 0.377. The van der Waals surface area contributed by atoms with E-state index >= 15 is 0 Å². The van der Waals surface area contributed by atoms with Crippen molar-refractivity contribution < 1.29 is 9.53 Å². The van der Waals surface area contributed by atoms with Crippen LogP contribution in [0.2, 0.25) is 5.02 Å². The Morgan fingerprint density at radius 1 is 1.35 bits per heavy atom. The van der Waals surface area contributed by atoms with Crippen molar-refractivity contribution in [2.75, 3.05) is 12.4 Å². The van der Waals surface area contributed by atoms with Gasteiger partial charge in [-0.1, -0.05) is 17.7 Å². The number of ether oxygens (including phenoxy) is 1. The van der Waals surface area contributed by atoms with E-state index in [1.807, 2.05) is 24.4 Å². The van der Waals surface area contributed by atoms with Gasteiger partial charge in [0.25, 0.3) is 5.91 Å². The van der Waals surface area contributed by atoms with Gasteiger partial charge in [0.05, 0.1) is 22.7 Å². The molecule has 0 aliphatic heterocycles. The second kappa shape index (κ2) is 6.70. The van der Waals surface area contributed by atoms with Crippen LogP contribution in [0.4, 0.5) is 5.69 Å². The van der Waals surface area contributed by atoms with Crippen molar-refractivity contribution in [3.05, 3.63) is 51.3 Å². The zero-order valence-corrected chi connectivity index (χ0v) is 14.8. The number of halogens is 1. The first kappa shape index (κ1) is 16.0. The Morgan fingerprint density at radius 2 is 2.17 bits per heavy atom. The highest BCUT2D eigenvalue weighted by atomic mass is 35.5. The van der Waals surface area contributed by atoms with Gasteiger partial charge in [0.15, 0.2) is 0 Å². The second-order valence-corrected chi connectivity index (χ2v) is 7.07. The standard InChI is InChI=1S/C16H13ClN2O2S2/c1-9-14(23-16(18-9)13-4-3-7-22-13)15(20)19-10-5-6-12(21-2)11(17)8-10/h3-8H,1-2H3,(H,19,20). The minimum absolute atomic E-state index is 0.191. The summed E-state index contributed by atoms with van der Waals surface area (Å²) >= 11 is 9.07. The number of amides is 1. The average Bonchev–Trinajstić information content (AvgIpc) is 3.16. The number of rotatable bonds is 4. The maximum Gasteiger partial charge on any atom is 0.267 e. The molecule has 1 amide bonds. The molecule has 23 heavy (non-hydrogen) atoms. The van der Waals surface area contributed by atoms with Crippen molar-refractivity contribution in [1.29, 1.82) is 0 Å². The fourth-order valence-electron chi connectivity index (χ4n) is 2.04. The molecule has 0 saturated heterocycles. The molecule has 2 heterocycles. The van der Waals surface area contributed by atoms with Gasteiger partial charge in [-0.3, -0.25) is 4.79 Å². The quantitative estimate of drug-likeness (QED) is 0.701. The molecular weight excluding hydrogens is 352 g/mol. The molecule has 4 nitrogen and oxygen atoms in total. The van der Waals surface area contributed by atoms with E-state index in [1.54, 1.807) is 36.6 Å². The number of benzene rings is 1. The van der Waals surface area contributed by atoms with Gasteiger partial charge >= 0.3 is 0 Å². The number of nitrogens with one attached hydrogen (secondary N) is 1. The fourth-order valence-corrected chi connectivity index (χ4v) is 4.06. The third-order valence-electron chi connectivity index (χ3n) is 3.14. The van der Waals surface area contributed by atoms with E-state index in [4.69, 9.17) is 16.3 Å². The van der Waals surface area contributed by atoms with Gasteiger partial charge < -0.3 is 10.1 Å². The Balaban J connectivity index is 1.82. The molecule has 0 radical (unpaired) electrons. The number of thiophene rings is 1. The Hall–Kier alpha value is -1.89. The smallest absolute Gasteiger partial charge is 0.267 e. The number of carbonyl (C=O) groups is 1. The lowest BCUT2D eigenvalue weighted by atomic mass is 10.3. The normalized spacial score (nSPS) is 10.6. The summed E-state index contributed by atoms with van der Waals surface area (Å²) in [5, 5.41) is 6.14. The van der Waals surface area contributed by atoms with Gasteiger partial charge in [0.2, 0.25) is 0 Å². The first-order valence-electron chi connectivity index (χ1n) is 6.74. The maximum atomic E-state index is 12.5. The molecule has 0 bridgehead atoms. The molecule has 0 saturated carbocycles. The number of hydrogen-bond acceptors (Lipinski definition) is 5. The lowest BCUT2D eigenvalue weighted by Gasteiger charge is -2.07. The predicted octanol–water partition coefficient (Wildman–Crippen LogP) is 5.09. The van der Waals surface area contributed by atoms with Crippen molar-refractivity contribution in [2.24, 2.45) is 0 Å². The first-order valence-corrected chi connectivity index (χ1v) is 8.82. The number of hydrogen-bond donors (Lipinski definition) is 1. The van der Waals surface area contributed by atoms with Gasteiger partial charge in [-0.05, 0) is 36.6 Å². The molecule has 0 unspecified atom stereocenters. The van der Waals surface area contributed by atoms with Crippen LogP contribution in [0.3, 0.4) is 0 Å². The van der Waals surface area contributed by atoms with Gasteiger partial charge in [0.1, 0.15) is 15.6 Å². The van der Waals surface area contributed by atoms with E-state index in [0.29, 0.717) is 21.3 Å². The van der Waals surface area contributed by atoms with Gasteiger partial charge in [-0.25, -0.2) is 4.98 Å². The Labute approximate surface area is 146 Å². The fraction of sp³-hybridized carbons (Fsp3) is 0.125. The van der Waals surface area contributed by atoms with E-state index in [-0.39, 0.29) is 5.91 Å². The van der Waals surface area contributed by atoms with Crippen LogP contribution in [0.5, 0.6) is 5.75 Å². The SMILES string of the molecule is COc1ccc(NC(=O)c2sc(-c3cccs3)nc2C)cc1Cl. The van der Waals surface area contributed by atoms with Crippen LogP contribution in [-0.4, -0.2) is 18.0 Å². The van der Waals surface area contributed by atoms with Crippen LogP contribution < -0.4 is 10.1 Å². The summed E-state index contributed by atoms with van der Waals surface area (Å²) in [6.07, 6.45) is 0. The zero-order valence-electron chi connectivity index (χ0n) is 12.4. The Kier molecular flexibility index (Phi) is 4.66. The predicted molar refractivity (Wildman–Crippen MR) is 96.1 cm³/mol. The molecule has 7 heteroatoms. The summed E-state index contributed by atoms with van der Waals surface area (Å²) in [5.41, 5.74) is 1.33. The Bertz CT molecular complexity index is 844. The van der Waals surface area contributed by atoms with Gasteiger partial charge in [-0.15, -0.1) is 22.7 Å². The van der Waals surface area contributed by atoms with Crippen molar-refractivity contribution in [1.82, 2.24) is 4.98 Å². The van der Waals surface area contributed by atoms with E-state index in [9.17, 15) is 4.79 Å². The van der Waals surface area contributed by atoms with E-state index in [1.165, 1.54) is 11.3 Å². The third kappa shape index (κ3) is 3.39. The largest absolute Gasteiger partial charge is 0.495 e. The molecule has 1 aromatic carbocycles. The Morgan fingerprint density at radius 3 is 2.83 bits per heavy atom. The van der Waals surface area contributed by atoms with Crippen LogP contribution in [0.15, 0.2) is 35.7 Å². The first-order chi connectivity index (χ1) is 11.1. The summed E-state index contributed by atoms with van der Waals surface area (Å²) in [6.45, 7) is 1.84. The summed E-state index contributed by atoms with van der Waals surface area (Å²) in [7, 11) is 1.55. The number of nitrogens with zero attached hydrogens (tertiary/aromatic N) is 1. The summed E-state index contributed by atoms with van der Waals surface area (Å²) in [6, 6.07) is 9.09. The van der Waals surface area contributed by atoms with Crippen LogP contribution in [0.1, 0.15) is 15.4 Å². The van der Waals surface area contributed by atoms with Crippen LogP contribution >= 0.6 is 34.3 Å².